The van der Waals surface area contributed by atoms with Crippen molar-refractivity contribution in [1.82, 2.24) is 0 Å². The van der Waals surface area contributed by atoms with Crippen LogP contribution in [0.15, 0.2) is 6.07 Å². The van der Waals surface area contributed by atoms with Crippen molar-refractivity contribution in [2.45, 2.75) is 19.3 Å². The SMILES string of the molecule is COc1c(O)cc(Cl)c(F)c1CCCC(=O)O. The summed E-state index contributed by atoms with van der Waals surface area (Å²) in [4.78, 5) is 10.4. The third-order valence-electron chi connectivity index (χ3n) is 2.27. The Labute approximate surface area is 103 Å². The maximum Gasteiger partial charge on any atom is 0.303 e. The molecule has 0 heterocycles. The van der Waals surface area contributed by atoms with Crippen molar-refractivity contribution in [2.75, 3.05) is 7.11 Å². The topological polar surface area (TPSA) is 66.8 Å². The van der Waals surface area contributed by atoms with E-state index in [1.165, 1.54) is 7.11 Å². The van der Waals surface area contributed by atoms with Gasteiger partial charge in [0.2, 0.25) is 0 Å². The van der Waals surface area contributed by atoms with Gasteiger partial charge >= 0.3 is 5.97 Å². The van der Waals surface area contributed by atoms with Gasteiger partial charge in [0.05, 0.1) is 12.1 Å². The Balaban J connectivity index is 2.99. The number of hydrogen-bond donors (Lipinski definition) is 2. The number of carboxylic acid groups (broad SMARTS) is 1. The molecule has 0 aliphatic rings. The van der Waals surface area contributed by atoms with E-state index in [1.807, 2.05) is 0 Å². The number of aromatic hydroxyl groups is 1. The number of halogens is 2. The molecule has 0 atom stereocenters. The van der Waals surface area contributed by atoms with Crippen LogP contribution in [0.4, 0.5) is 4.39 Å². The number of hydrogen-bond acceptors (Lipinski definition) is 3. The molecule has 0 unspecified atom stereocenters. The number of ether oxygens (including phenoxy) is 1. The van der Waals surface area contributed by atoms with Gasteiger partial charge in [0.1, 0.15) is 5.82 Å². The Morgan fingerprint density at radius 1 is 1.59 bits per heavy atom. The van der Waals surface area contributed by atoms with Crippen molar-refractivity contribution in [1.29, 1.82) is 0 Å². The summed E-state index contributed by atoms with van der Waals surface area (Å²) in [5.74, 6) is -1.91. The Kier molecular flexibility index (Phi) is 4.57. The maximum atomic E-state index is 13.7. The molecule has 0 spiro atoms. The molecule has 1 rings (SSSR count). The maximum absolute atomic E-state index is 13.7. The van der Waals surface area contributed by atoms with Crippen molar-refractivity contribution < 1.29 is 24.1 Å². The van der Waals surface area contributed by atoms with Gasteiger partial charge in [-0.3, -0.25) is 4.79 Å². The molecule has 0 saturated heterocycles. The van der Waals surface area contributed by atoms with Crippen LogP contribution in [0, 0.1) is 5.82 Å². The van der Waals surface area contributed by atoms with Crippen molar-refractivity contribution >= 4 is 17.6 Å². The molecule has 0 radical (unpaired) electrons. The van der Waals surface area contributed by atoms with Crippen LogP contribution in [0.3, 0.4) is 0 Å². The molecule has 0 aliphatic carbocycles. The molecule has 0 aliphatic heterocycles. The number of methoxy groups -OCH3 is 1. The number of phenolic OH excluding ortho intramolecular Hbond substituents is 1. The zero-order chi connectivity index (χ0) is 13.0. The first kappa shape index (κ1) is 13.6. The molecule has 4 nitrogen and oxygen atoms in total. The molecule has 0 fully saturated rings. The molecule has 1 aromatic rings. The standard InChI is InChI=1S/C11H12ClFO4/c1-17-11-6(3-2-4-9(15)16)10(13)7(12)5-8(11)14/h5,14H,2-4H2,1H3,(H,15,16). The van der Waals surface area contributed by atoms with Crippen molar-refractivity contribution in [3.05, 3.63) is 22.5 Å². The molecule has 17 heavy (non-hydrogen) atoms. The Morgan fingerprint density at radius 2 is 2.24 bits per heavy atom. The lowest BCUT2D eigenvalue weighted by Crippen LogP contribution is -2.01. The van der Waals surface area contributed by atoms with E-state index in [9.17, 15) is 14.3 Å². The van der Waals surface area contributed by atoms with Gasteiger partial charge in [-0.2, -0.15) is 0 Å². The van der Waals surface area contributed by atoms with E-state index in [1.54, 1.807) is 0 Å². The monoisotopic (exact) mass is 262 g/mol. The predicted molar refractivity (Wildman–Crippen MR) is 60.2 cm³/mol. The number of carbonyl (C=O) groups is 1. The van der Waals surface area contributed by atoms with Crippen molar-refractivity contribution in [3.63, 3.8) is 0 Å². The summed E-state index contributed by atoms with van der Waals surface area (Å²) in [6.07, 6.45) is 0.285. The first-order valence-electron chi connectivity index (χ1n) is 4.93. The third kappa shape index (κ3) is 3.23. The van der Waals surface area contributed by atoms with Crippen molar-refractivity contribution in [3.8, 4) is 11.5 Å². The number of carboxylic acids is 1. The van der Waals surface area contributed by atoms with E-state index in [2.05, 4.69) is 0 Å². The van der Waals surface area contributed by atoms with Crippen LogP contribution in [0.1, 0.15) is 18.4 Å². The fourth-order valence-electron chi connectivity index (χ4n) is 1.51. The van der Waals surface area contributed by atoms with Gasteiger partial charge in [-0.05, 0) is 12.8 Å². The van der Waals surface area contributed by atoms with Gasteiger partial charge in [-0.25, -0.2) is 4.39 Å². The average Bonchev–Trinajstić information content (AvgIpc) is 2.24. The molecule has 94 valence electrons. The average molecular weight is 263 g/mol. The minimum absolute atomic E-state index is 0.00251. The smallest absolute Gasteiger partial charge is 0.303 e. The fourth-order valence-corrected chi connectivity index (χ4v) is 1.73. The first-order chi connectivity index (χ1) is 7.97. The van der Waals surface area contributed by atoms with Crippen LogP contribution in [0.2, 0.25) is 5.02 Å². The first-order valence-corrected chi connectivity index (χ1v) is 5.30. The lowest BCUT2D eigenvalue weighted by molar-refractivity contribution is -0.137. The number of benzene rings is 1. The van der Waals surface area contributed by atoms with E-state index >= 15 is 0 Å². The summed E-state index contributed by atoms with van der Waals surface area (Å²) in [7, 11) is 1.29. The summed E-state index contributed by atoms with van der Waals surface area (Å²) in [5, 5.41) is 17.8. The van der Waals surface area contributed by atoms with Gasteiger partial charge in [0, 0.05) is 18.1 Å². The molecule has 1 aromatic carbocycles. The summed E-state index contributed by atoms with van der Waals surface area (Å²) in [5.41, 5.74) is 0.0961. The van der Waals surface area contributed by atoms with Crippen LogP contribution in [-0.4, -0.2) is 23.3 Å². The molecule has 0 aromatic heterocycles. The minimum atomic E-state index is -0.962. The Bertz CT molecular complexity index is 434. The quantitative estimate of drug-likeness (QED) is 0.856. The normalized spacial score (nSPS) is 10.3. The van der Waals surface area contributed by atoms with Crippen LogP contribution in [-0.2, 0) is 11.2 Å². The highest BCUT2D eigenvalue weighted by Gasteiger charge is 2.17. The van der Waals surface area contributed by atoms with Gasteiger partial charge in [-0.1, -0.05) is 11.6 Å². The lowest BCUT2D eigenvalue weighted by atomic mass is 10.1. The second kappa shape index (κ2) is 5.72. The summed E-state index contributed by atoms with van der Waals surface area (Å²) in [6, 6.07) is 1.05. The van der Waals surface area contributed by atoms with Crippen LogP contribution < -0.4 is 4.74 Å². The molecule has 0 bridgehead atoms. The van der Waals surface area contributed by atoms with Gasteiger partial charge < -0.3 is 14.9 Å². The number of aliphatic carboxylic acids is 1. The van der Waals surface area contributed by atoms with Gasteiger partial charge in [0.25, 0.3) is 0 Å². The van der Waals surface area contributed by atoms with E-state index in [0.717, 1.165) is 6.07 Å². The van der Waals surface area contributed by atoms with Crippen molar-refractivity contribution in [2.24, 2.45) is 0 Å². The van der Waals surface area contributed by atoms with Crippen LogP contribution >= 0.6 is 11.6 Å². The van der Waals surface area contributed by atoms with Crippen LogP contribution in [0.25, 0.3) is 0 Å². The van der Waals surface area contributed by atoms with E-state index in [4.69, 9.17) is 21.4 Å². The summed E-state index contributed by atoms with van der Waals surface area (Å²) in [6.45, 7) is 0. The molecular formula is C11H12ClFO4. The van der Waals surface area contributed by atoms with Gasteiger partial charge in [0.15, 0.2) is 11.5 Å². The van der Waals surface area contributed by atoms with Gasteiger partial charge in [-0.15, -0.1) is 0 Å². The molecule has 0 amide bonds. The summed E-state index contributed by atoms with van der Waals surface area (Å²) >= 11 is 5.58. The number of rotatable bonds is 5. The van der Waals surface area contributed by atoms with Crippen LogP contribution in [0.5, 0.6) is 11.5 Å². The Hall–Kier alpha value is -1.49. The zero-order valence-corrected chi connectivity index (χ0v) is 9.92. The molecule has 6 heteroatoms. The largest absolute Gasteiger partial charge is 0.504 e. The molecule has 0 saturated carbocycles. The molecular weight excluding hydrogens is 251 g/mol. The highest BCUT2D eigenvalue weighted by Crippen LogP contribution is 2.37. The zero-order valence-electron chi connectivity index (χ0n) is 9.17. The minimum Gasteiger partial charge on any atom is -0.504 e. The summed E-state index contributed by atoms with van der Waals surface area (Å²) < 4.78 is 18.6. The number of phenols is 1. The molecule has 2 N–H and O–H groups in total. The fraction of sp³-hybridized carbons (Fsp3) is 0.364. The second-order valence-corrected chi connectivity index (χ2v) is 3.86. The highest BCUT2D eigenvalue weighted by molar-refractivity contribution is 6.31. The van der Waals surface area contributed by atoms with E-state index < -0.39 is 11.8 Å². The van der Waals surface area contributed by atoms with E-state index in [-0.39, 0.29) is 41.3 Å². The predicted octanol–water partition coefficient (Wildman–Crippen LogP) is 2.60. The second-order valence-electron chi connectivity index (χ2n) is 3.45. The highest BCUT2D eigenvalue weighted by atomic mass is 35.5. The third-order valence-corrected chi connectivity index (χ3v) is 2.54. The Morgan fingerprint density at radius 3 is 2.76 bits per heavy atom. The lowest BCUT2D eigenvalue weighted by Gasteiger charge is -2.12. The van der Waals surface area contributed by atoms with E-state index in [0.29, 0.717) is 0 Å².